The van der Waals surface area contributed by atoms with Crippen molar-refractivity contribution in [1.82, 2.24) is 4.98 Å². The molecule has 0 aliphatic carbocycles. The van der Waals surface area contributed by atoms with E-state index < -0.39 is 0 Å². The fourth-order valence-electron chi connectivity index (χ4n) is 0.928. The lowest BCUT2D eigenvalue weighted by atomic mass is 10.1. The minimum Gasteiger partial charge on any atom is -0.264 e. The molecular formula is C11H19N. The Kier molecular flexibility index (Phi) is 6.35. The van der Waals surface area contributed by atoms with Crippen LogP contribution in [0.2, 0.25) is 0 Å². The number of aryl methyl sites for hydroxylation is 2. The molecule has 68 valence electrons. The highest BCUT2D eigenvalue weighted by Gasteiger charge is 1.90. The number of nitrogens with zero attached hydrogens (tertiary/aromatic N) is 1. The van der Waals surface area contributed by atoms with Crippen LogP contribution in [-0.4, -0.2) is 4.98 Å². The molecule has 1 aromatic rings. The van der Waals surface area contributed by atoms with Crippen LogP contribution in [0.4, 0.5) is 0 Å². The van der Waals surface area contributed by atoms with Gasteiger partial charge < -0.3 is 0 Å². The average Bonchev–Trinajstić information content (AvgIpc) is 2.21. The molecule has 0 radical (unpaired) electrons. The molecule has 1 heterocycles. The van der Waals surface area contributed by atoms with Gasteiger partial charge in [0, 0.05) is 12.4 Å². The number of hydrogen-bond acceptors (Lipinski definition) is 1. The first kappa shape index (κ1) is 11.2. The van der Waals surface area contributed by atoms with Crippen LogP contribution in [0.5, 0.6) is 0 Å². The lowest BCUT2D eigenvalue weighted by Crippen LogP contribution is -1.86. The van der Waals surface area contributed by atoms with Gasteiger partial charge in [0.05, 0.1) is 0 Å². The first-order valence-corrected chi connectivity index (χ1v) is 4.79. The molecule has 1 heteroatoms. The van der Waals surface area contributed by atoms with Gasteiger partial charge in [-0.05, 0) is 24.0 Å². The molecule has 0 unspecified atom stereocenters. The smallest absolute Gasteiger partial charge is 0.0299 e. The van der Waals surface area contributed by atoms with Crippen molar-refractivity contribution in [3.63, 3.8) is 0 Å². The summed E-state index contributed by atoms with van der Waals surface area (Å²) in [5.41, 5.74) is 2.67. The van der Waals surface area contributed by atoms with E-state index in [1.54, 1.807) is 0 Å². The van der Waals surface area contributed by atoms with Gasteiger partial charge in [0.25, 0.3) is 0 Å². The Morgan fingerprint density at radius 1 is 1.00 bits per heavy atom. The molecule has 0 saturated carbocycles. The first-order valence-electron chi connectivity index (χ1n) is 4.79. The predicted molar refractivity (Wildman–Crippen MR) is 54.3 cm³/mol. The third-order valence-corrected chi connectivity index (χ3v) is 1.67. The molecule has 0 atom stereocenters. The molecule has 1 nitrogen and oxygen atoms in total. The van der Waals surface area contributed by atoms with E-state index in [0.29, 0.717) is 0 Å². The third kappa shape index (κ3) is 3.51. The summed E-state index contributed by atoms with van der Waals surface area (Å²) in [7, 11) is 0. The van der Waals surface area contributed by atoms with Crippen molar-refractivity contribution in [3.05, 3.63) is 29.6 Å². The van der Waals surface area contributed by atoms with Crippen LogP contribution < -0.4 is 0 Å². The molecule has 0 bridgehead atoms. The quantitative estimate of drug-likeness (QED) is 0.655. The topological polar surface area (TPSA) is 12.9 Å². The van der Waals surface area contributed by atoms with Gasteiger partial charge in [-0.3, -0.25) is 4.98 Å². The molecule has 0 amide bonds. The zero-order valence-electron chi connectivity index (χ0n) is 8.59. The Bertz CT molecular complexity index is 187. The van der Waals surface area contributed by atoms with Gasteiger partial charge in [-0.1, -0.05) is 33.8 Å². The number of rotatable bonds is 2. The Labute approximate surface area is 75.8 Å². The Balaban J connectivity index is 0.000000561. The Morgan fingerprint density at radius 2 is 1.42 bits per heavy atom. The van der Waals surface area contributed by atoms with Crippen molar-refractivity contribution in [2.45, 2.75) is 40.5 Å². The summed E-state index contributed by atoms with van der Waals surface area (Å²) in [5, 5.41) is 0. The van der Waals surface area contributed by atoms with Gasteiger partial charge in [-0.15, -0.1) is 0 Å². The van der Waals surface area contributed by atoms with Crippen molar-refractivity contribution in [2.24, 2.45) is 0 Å². The first-order chi connectivity index (χ1) is 5.86. The molecular weight excluding hydrogens is 146 g/mol. The highest BCUT2D eigenvalue weighted by atomic mass is 14.6. The summed E-state index contributed by atoms with van der Waals surface area (Å²) in [5.74, 6) is 0. The SMILES string of the molecule is CC.CCc1cncc(CC)c1. The average molecular weight is 165 g/mol. The maximum Gasteiger partial charge on any atom is 0.0299 e. The molecule has 1 aromatic heterocycles. The van der Waals surface area contributed by atoms with Crippen LogP contribution in [0.3, 0.4) is 0 Å². The number of pyridine rings is 1. The fraction of sp³-hybridized carbons (Fsp3) is 0.545. The molecule has 0 N–H and O–H groups in total. The highest BCUT2D eigenvalue weighted by molar-refractivity contribution is 5.17. The Hall–Kier alpha value is -0.850. The van der Waals surface area contributed by atoms with Crippen LogP contribution in [0.25, 0.3) is 0 Å². The second kappa shape index (κ2) is 6.84. The van der Waals surface area contributed by atoms with Crippen molar-refractivity contribution in [1.29, 1.82) is 0 Å². The van der Waals surface area contributed by atoms with Gasteiger partial charge in [0.1, 0.15) is 0 Å². The lowest BCUT2D eigenvalue weighted by molar-refractivity contribution is 1.04. The van der Waals surface area contributed by atoms with Crippen LogP contribution in [0, 0.1) is 0 Å². The summed E-state index contributed by atoms with van der Waals surface area (Å²) in [6, 6.07) is 2.22. The standard InChI is InChI=1S/C9H13N.C2H6/c1-3-8-5-9(4-2)7-10-6-8;1-2/h5-7H,3-4H2,1-2H3;1-2H3. The summed E-state index contributed by atoms with van der Waals surface area (Å²) in [6.07, 6.45) is 6.03. The van der Waals surface area contributed by atoms with Crippen molar-refractivity contribution < 1.29 is 0 Å². The second-order valence-electron chi connectivity index (χ2n) is 2.41. The van der Waals surface area contributed by atoms with E-state index in [2.05, 4.69) is 24.9 Å². The molecule has 0 aliphatic heterocycles. The van der Waals surface area contributed by atoms with E-state index in [1.165, 1.54) is 11.1 Å². The number of aromatic nitrogens is 1. The number of hydrogen-bond donors (Lipinski definition) is 0. The molecule has 1 rings (SSSR count). The minimum atomic E-state index is 1.08. The zero-order chi connectivity index (χ0) is 9.40. The maximum absolute atomic E-state index is 4.13. The maximum atomic E-state index is 4.13. The second-order valence-corrected chi connectivity index (χ2v) is 2.41. The molecule has 0 spiro atoms. The largest absolute Gasteiger partial charge is 0.264 e. The van der Waals surface area contributed by atoms with E-state index in [9.17, 15) is 0 Å². The van der Waals surface area contributed by atoms with Crippen molar-refractivity contribution in [3.8, 4) is 0 Å². The summed E-state index contributed by atoms with van der Waals surface area (Å²) >= 11 is 0. The van der Waals surface area contributed by atoms with E-state index in [1.807, 2.05) is 26.2 Å². The van der Waals surface area contributed by atoms with Crippen LogP contribution in [0.1, 0.15) is 38.8 Å². The monoisotopic (exact) mass is 165 g/mol. The summed E-state index contributed by atoms with van der Waals surface area (Å²) in [4.78, 5) is 4.13. The van der Waals surface area contributed by atoms with Gasteiger partial charge in [0.2, 0.25) is 0 Å². The lowest BCUT2D eigenvalue weighted by Gasteiger charge is -1.97. The van der Waals surface area contributed by atoms with Gasteiger partial charge in [-0.25, -0.2) is 0 Å². The van der Waals surface area contributed by atoms with Gasteiger partial charge in [-0.2, -0.15) is 0 Å². The molecule has 0 fully saturated rings. The molecule has 12 heavy (non-hydrogen) atoms. The van der Waals surface area contributed by atoms with Crippen LogP contribution >= 0.6 is 0 Å². The van der Waals surface area contributed by atoms with Gasteiger partial charge >= 0.3 is 0 Å². The normalized spacial score (nSPS) is 8.67. The fourth-order valence-corrected chi connectivity index (χ4v) is 0.928. The van der Waals surface area contributed by atoms with Crippen molar-refractivity contribution >= 4 is 0 Å². The van der Waals surface area contributed by atoms with E-state index >= 15 is 0 Å². The molecule has 0 aliphatic rings. The third-order valence-electron chi connectivity index (χ3n) is 1.67. The van der Waals surface area contributed by atoms with E-state index in [0.717, 1.165) is 12.8 Å². The van der Waals surface area contributed by atoms with Gasteiger partial charge in [0.15, 0.2) is 0 Å². The van der Waals surface area contributed by atoms with Crippen LogP contribution in [0.15, 0.2) is 18.5 Å². The van der Waals surface area contributed by atoms with Crippen molar-refractivity contribution in [2.75, 3.05) is 0 Å². The summed E-state index contributed by atoms with van der Waals surface area (Å²) < 4.78 is 0. The zero-order valence-corrected chi connectivity index (χ0v) is 8.59. The minimum absolute atomic E-state index is 1.08. The highest BCUT2D eigenvalue weighted by Crippen LogP contribution is 2.02. The van der Waals surface area contributed by atoms with Crippen LogP contribution in [-0.2, 0) is 12.8 Å². The van der Waals surface area contributed by atoms with E-state index in [-0.39, 0.29) is 0 Å². The predicted octanol–water partition coefficient (Wildman–Crippen LogP) is 3.23. The molecule has 0 saturated heterocycles. The summed E-state index contributed by atoms with van der Waals surface area (Å²) in [6.45, 7) is 8.30. The Morgan fingerprint density at radius 3 is 1.75 bits per heavy atom. The molecule has 0 aromatic carbocycles. The van der Waals surface area contributed by atoms with E-state index in [4.69, 9.17) is 0 Å².